The van der Waals surface area contributed by atoms with E-state index in [1.54, 1.807) is 4.90 Å². The van der Waals surface area contributed by atoms with E-state index in [0.717, 1.165) is 26.9 Å². The molecular weight excluding hydrogens is 582 g/mol. The highest BCUT2D eigenvalue weighted by Gasteiger charge is 2.33. The van der Waals surface area contributed by atoms with Crippen LogP contribution in [0.25, 0.3) is 6.08 Å². The van der Waals surface area contributed by atoms with Gasteiger partial charge in [0.15, 0.2) is 15.8 Å². The van der Waals surface area contributed by atoms with Crippen LogP contribution in [0.2, 0.25) is 0 Å². The zero-order valence-electron chi connectivity index (χ0n) is 21.2. The lowest BCUT2D eigenvalue weighted by Crippen LogP contribution is -2.27. The molecule has 0 aromatic heterocycles. The summed E-state index contributed by atoms with van der Waals surface area (Å²) in [6, 6.07) is 19.3. The monoisotopic (exact) mass is 609 g/mol. The average Bonchev–Trinajstić information content (AvgIpc) is 3.18. The lowest BCUT2D eigenvalue weighted by Gasteiger charge is -2.17. The largest absolute Gasteiger partial charge is 0.494 e. The van der Waals surface area contributed by atoms with Crippen molar-refractivity contribution in [3.05, 3.63) is 99.4 Å². The van der Waals surface area contributed by atoms with Gasteiger partial charge in [0.2, 0.25) is 0 Å². The molecule has 5 nitrogen and oxygen atoms in total. The Bertz CT molecular complexity index is 1350. The normalized spacial score (nSPS) is 14.2. The summed E-state index contributed by atoms with van der Waals surface area (Å²) in [5, 5.41) is 0. The summed E-state index contributed by atoms with van der Waals surface area (Å²) >= 11 is 10.3. The molecule has 0 N–H and O–H groups in total. The molecule has 1 aliphatic rings. The van der Waals surface area contributed by atoms with Gasteiger partial charge >= 0.3 is 0 Å². The number of nitrogens with zero attached hydrogens (tertiary/aromatic N) is 1. The van der Waals surface area contributed by atoms with Crippen LogP contribution < -0.4 is 19.1 Å². The molecule has 4 rings (SSSR count). The number of anilines is 1. The third kappa shape index (κ3) is 6.67. The second-order valence-corrected chi connectivity index (χ2v) is 10.9. The quantitative estimate of drug-likeness (QED) is 0.125. The van der Waals surface area contributed by atoms with Gasteiger partial charge in [0.25, 0.3) is 5.91 Å². The number of carbonyl (C=O) groups excluding carboxylic acids is 1. The van der Waals surface area contributed by atoms with Crippen molar-refractivity contribution in [3.8, 4) is 17.2 Å². The first-order valence-electron chi connectivity index (χ1n) is 12.2. The molecule has 0 saturated carbocycles. The van der Waals surface area contributed by atoms with Crippen molar-refractivity contribution in [3.63, 3.8) is 0 Å². The van der Waals surface area contributed by atoms with Gasteiger partial charge in [-0.15, -0.1) is 6.58 Å². The Morgan fingerprint density at radius 3 is 2.37 bits per heavy atom. The molecule has 1 heterocycles. The fraction of sp³-hybridized carbons (Fsp3) is 0.200. The molecule has 0 aliphatic carbocycles. The van der Waals surface area contributed by atoms with Crippen LogP contribution in [0.15, 0.2) is 82.7 Å². The second-order valence-electron chi connectivity index (χ2n) is 8.29. The molecule has 0 atom stereocenters. The fourth-order valence-corrected chi connectivity index (χ4v) is 5.50. The molecule has 1 aliphatic heterocycles. The van der Waals surface area contributed by atoms with Crippen molar-refractivity contribution in [2.24, 2.45) is 0 Å². The van der Waals surface area contributed by atoms with E-state index in [2.05, 4.69) is 22.5 Å². The third-order valence-corrected chi connectivity index (χ3v) is 7.44. The van der Waals surface area contributed by atoms with Gasteiger partial charge in [-0.2, -0.15) is 0 Å². The third-order valence-electron chi connectivity index (χ3n) is 5.61. The van der Waals surface area contributed by atoms with E-state index in [0.29, 0.717) is 52.7 Å². The maximum Gasteiger partial charge on any atom is 0.270 e. The maximum atomic E-state index is 13.3. The predicted octanol–water partition coefficient (Wildman–Crippen LogP) is 7.96. The molecule has 1 amide bonds. The highest BCUT2D eigenvalue weighted by molar-refractivity contribution is 9.10. The first kappa shape index (κ1) is 28.0. The molecule has 0 bridgehead atoms. The number of hydrogen-bond acceptors (Lipinski definition) is 6. The van der Waals surface area contributed by atoms with E-state index in [4.69, 9.17) is 26.4 Å². The molecule has 8 heteroatoms. The summed E-state index contributed by atoms with van der Waals surface area (Å²) in [6.07, 6.45) is 4.26. The van der Waals surface area contributed by atoms with Crippen molar-refractivity contribution in [2.45, 2.75) is 26.9 Å². The summed E-state index contributed by atoms with van der Waals surface area (Å²) in [5.41, 5.74) is 3.51. The molecule has 38 heavy (non-hydrogen) atoms. The van der Waals surface area contributed by atoms with Gasteiger partial charge in [0, 0.05) is 10.0 Å². The zero-order valence-corrected chi connectivity index (χ0v) is 24.5. The van der Waals surface area contributed by atoms with Gasteiger partial charge in [-0.25, -0.2) is 0 Å². The van der Waals surface area contributed by atoms with Crippen molar-refractivity contribution in [2.75, 3.05) is 18.1 Å². The molecule has 0 radical (unpaired) electrons. The van der Waals surface area contributed by atoms with E-state index in [-0.39, 0.29) is 5.91 Å². The van der Waals surface area contributed by atoms with Crippen LogP contribution in [-0.4, -0.2) is 23.4 Å². The standard InChI is InChI=1S/C30H28BrNO4S2/c1-4-7-22-16-21(17-26(35-6-3)28(22)36-19-20-8-10-23(31)11-9-20)18-27-29(33)32(30(37)38-27)24-12-14-25(15-13-24)34-5-2/h4,8-18H,1,5-7,19H2,2-3H3/b27-18-. The minimum atomic E-state index is -0.164. The van der Waals surface area contributed by atoms with Crippen molar-refractivity contribution >= 4 is 61.9 Å². The first-order chi connectivity index (χ1) is 18.4. The Morgan fingerprint density at radius 1 is 1.00 bits per heavy atom. The lowest BCUT2D eigenvalue weighted by molar-refractivity contribution is -0.113. The van der Waals surface area contributed by atoms with Crippen LogP contribution in [0.4, 0.5) is 5.69 Å². The summed E-state index contributed by atoms with van der Waals surface area (Å²) < 4.78 is 19.2. The Kier molecular flexibility index (Phi) is 9.66. The number of thiocarbonyl (C=S) groups is 1. The SMILES string of the molecule is C=CCc1cc(/C=C2\SC(=S)N(c3ccc(OCC)cc3)C2=O)cc(OCC)c1OCc1ccc(Br)cc1. The maximum absolute atomic E-state index is 13.3. The van der Waals surface area contributed by atoms with E-state index in [9.17, 15) is 4.79 Å². The summed E-state index contributed by atoms with van der Waals surface area (Å²) in [7, 11) is 0. The van der Waals surface area contributed by atoms with Gasteiger partial charge < -0.3 is 14.2 Å². The highest BCUT2D eigenvalue weighted by atomic mass is 79.9. The van der Waals surface area contributed by atoms with Crippen LogP contribution in [0.5, 0.6) is 17.2 Å². The molecule has 196 valence electrons. The van der Waals surface area contributed by atoms with E-state index >= 15 is 0 Å². The smallest absolute Gasteiger partial charge is 0.270 e. The highest BCUT2D eigenvalue weighted by Crippen LogP contribution is 2.39. The van der Waals surface area contributed by atoms with Crippen LogP contribution in [-0.2, 0) is 17.8 Å². The number of ether oxygens (including phenoxy) is 3. The minimum Gasteiger partial charge on any atom is -0.494 e. The summed E-state index contributed by atoms with van der Waals surface area (Å²) in [4.78, 5) is 15.4. The molecular formula is C30H28BrNO4S2. The van der Waals surface area contributed by atoms with Crippen molar-refractivity contribution in [1.29, 1.82) is 0 Å². The van der Waals surface area contributed by atoms with Gasteiger partial charge in [0.1, 0.15) is 12.4 Å². The van der Waals surface area contributed by atoms with Gasteiger partial charge in [-0.3, -0.25) is 9.69 Å². The fourth-order valence-electron chi connectivity index (χ4n) is 3.94. The molecule has 0 unspecified atom stereocenters. The number of amides is 1. The first-order valence-corrected chi connectivity index (χ1v) is 14.2. The molecule has 1 saturated heterocycles. The Balaban J connectivity index is 1.62. The molecule has 3 aromatic carbocycles. The van der Waals surface area contributed by atoms with Crippen molar-refractivity contribution < 1.29 is 19.0 Å². The van der Waals surface area contributed by atoms with Gasteiger partial charge in [-0.1, -0.05) is 58.1 Å². The van der Waals surface area contributed by atoms with Gasteiger partial charge in [-0.05, 0) is 86.0 Å². The Hall–Kier alpha value is -3.07. The lowest BCUT2D eigenvalue weighted by atomic mass is 10.0. The number of benzene rings is 3. The summed E-state index contributed by atoms with van der Waals surface area (Å²) in [6.45, 7) is 9.23. The number of hydrogen-bond donors (Lipinski definition) is 0. The van der Waals surface area contributed by atoms with Gasteiger partial charge in [0.05, 0.1) is 23.8 Å². The zero-order chi connectivity index (χ0) is 27.1. The van der Waals surface area contributed by atoms with E-state index in [1.807, 2.05) is 86.7 Å². The van der Waals surface area contributed by atoms with Crippen LogP contribution >= 0.6 is 39.9 Å². The Labute approximate surface area is 241 Å². The number of halogens is 1. The minimum absolute atomic E-state index is 0.164. The molecule has 0 spiro atoms. The van der Waals surface area contributed by atoms with Crippen molar-refractivity contribution in [1.82, 2.24) is 0 Å². The second kappa shape index (κ2) is 13.1. The number of allylic oxidation sites excluding steroid dienone is 1. The molecule has 3 aromatic rings. The number of rotatable bonds is 11. The van der Waals surface area contributed by atoms with E-state index in [1.165, 1.54) is 11.8 Å². The van der Waals surface area contributed by atoms with Crippen LogP contribution in [0.1, 0.15) is 30.5 Å². The Morgan fingerprint density at radius 2 is 1.71 bits per heavy atom. The molecule has 1 fully saturated rings. The average molecular weight is 611 g/mol. The number of thioether (sulfide) groups is 1. The number of carbonyl (C=O) groups is 1. The van der Waals surface area contributed by atoms with Crippen LogP contribution in [0, 0.1) is 0 Å². The van der Waals surface area contributed by atoms with Crippen LogP contribution in [0.3, 0.4) is 0 Å². The predicted molar refractivity (Wildman–Crippen MR) is 163 cm³/mol. The topological polar surface area (TPSA) is 48.0 Å². The van der Waals surface area contributed by atoms with E-state index < -0.39 is 0 Å². The summed E-state index contributed by atoms with van der Waals surface area (Å²) in [5.74, 6) is 1.88.